The van der Waals surface area contributed by atoms with Gasteiger partial charge in [0, 0.05) is 31.8 Å². The van der Waals surface area contributed by atoms with Crippen molar-refractivity contribution in [2.75, 3.05) is 0 Å². The fraction of sp³-hybridized carbons (Fsp3) is 0.150. The number of fused-ring (bicyclic) bond motifs is 3. The molecule has 108 valence electrons. The summed E-state index contributed by atoms with van der Waals surface area (Å²) in [6.07, 6.45) is 2.20. The molecule has 0 radical (unpaired) electrons. The molecule has 4 aromatic rings. The average Bonchev–Trinajstić information content (AvgIpc) is 2.87. The molecule has 4 rings (SSSR count). The summed E-state index contributed by atoms with van der Waals surface area (Å²) in [5, 5.41) is 2.72. The van der Waals surface area contributed by atoms with E-state index in [-0.39, 0.29) is 0 Å². The van der Waals surface area contributed by atoms with Gasteiger partial charge in [0.2, 0.25) is 5.69 Å². The lowest BCUT2D eigenvalue weighted by Crippen LogP contribution is -2.31. The lowest BCUT2D eigenvalue weighted by atomic mass is 10.0. The van der Waals surface area contributed by atoms with Gasteiger partial charge < -0.3 is 0 Å². The second kappa shape index (κ2) is 4.92. The molecule has 0 N–H and O–H groups in total. The molecule has 0 atom stereocenters. The van der Waals surface area contributed by atoms with E-state index in [1.165, 1.54) is 42.6 Å². The fourth-order valence-electron chi connectivity index (χ4n) is 3.21. The van der Waals surface area contributed by atoms with E-state index < -0.39 is 0 Å². The van der Waals surface area contributed by atoms with E-state index >= 15 is 0 Å². The first-order valence-electron chi connectivity index (χ1n) is 7.52. The number of aromatic nitrogens is 1. The molecular formula is C20H18NS+. The van der Waals surface area contributed by atoms with Gasteiger partial charge in [0.15, 0.2) is 6.20 Å². The number of hydrogen-bond acceptors (Lipinski definition) is 1. The molecular weight excluding hydrogens is 286 g/mol. The molecule has 22 heavy (non-hydrogen) atoms. The Morgan fingerprint density at radius 3 is 2.50 bits per heavy atom. The summed E-state index contributed by atoms with van der Waals surface area (Å²) in [6.45, 7) is 4.34. The molecule has 1 nitrogen and oxygen atoms in total. The van der Waals surface area contributed by atoms with Crippen LogP contribution >= 0.6 is 11.3 Å². The summed E-state index contributed by atoms with van der Waals surface area (Å²) in [4.78, 5) is 0. The van der Waals surface area contributed by atoms with Gasteiger partial charge in [0.1, 0.15) is 7.05 Å². The van der Waals surface area contributed by atoms with Crippen LogP contribution in [-0.4, -0.2) is 0 Å². The van der Waals surface area contributed by atoms with Gasteiger partial charge in [-0.05, 0) is 31.5 Å². The molecule has 0 fully saturated rings. The lowest BCUT2D eigenvalue weighted by molar-refractivity contribution is -0.660. The third kappa shape index (κ3) is 1.95. The van der Waals surface area contributed by atoms with Gasteiger partial charge in [-0.2, -0.15) is 0 Å². The summed E-state index contributed by atoms with van der Waals surface area (Å²) < 4.78 is 4.99. The molecule has 0 aliphatic carbocycles. The molecule has 0 unspecified atom stereocenters. The van der Waals surface area contributed by atoms with Gasteiger partial charge in [-0.3, -0.25) is 0 Å². The van der Waals surface area contributed by atoms with Crippen LogP contribution in [0.1, 0.15) is 11.1 Å². The maximum atomic E-state index is 2.27. The Hall–Kier alpha value is -2.19. The van der Waals surface area contributed by atoms with Crippen LogP contribution in [0.4, 0.5) is 0 Å². The minimum atomic E-state index is 1.28. The lowest BCUT2D eigenvalue weighted by Gasteiger charge is -2.06. The van der Waals surface area contributed by atoms with Crippen LogP contribution in [0.2, 0.25) is 0 Å². The molecule has 0 amide bonds. The molecule has 2 aromatic carbocycles. The van der Waals surface area contributed by atoms with E-state index in [0.29, 0.717) is 0 Å². The van der Waals surface area contributed by atoms with Gasteiger partial charge in [-0.1, -0.05) is 30.3 Å². The Kier molecular flexibility index (Phi) is 3.02. The number of hydrogen-bond donors (Lipinski definition) is 0. The third-order valence-corrected chi connectivity index (χ3v) is 5.50. The Balaban J connectivity index is 2.14. The third-order valence-electron chi connectivity index (χ3n) is 4.29. The second-order valence-corrected chi connectivity index (χ2v) is 6.99. The molecule has 2 aromatic heterocycles. The number of benzene rings is 2. The highest BCUT2D eigenvalue weighted by Gasteiger charge is 2.18. The van der Waals surface area contributed by atoms with Crippen LogP contribution in [0.5, 0.6) is 0 Å². The molecule has 0 saturated heterocycles. The smallest absolute Gasteiger partial charge is 0.201 e. The van der Waals surface area contributed by atoms with Crippen LogP contribution in [-0.2, 0) is 7.05 Å². The number of nitrogens with zero attached hydrogens (tertiary/aromatic N) is 1. The van der Waals surface area contributed by atoms with E-state index in [1.807, 2.05) is 11.3 Å². The summed E-state index contributed by atoms with van der Waals surface area (Å²) in [5.74, 6) is 0. The molecule has 2 heterocycles. The van der Waals surface area contributed by atoms with Crippen molar-refractivity contribution in [2.24, 2.45) is 7.05 Å². The summed E-state index contributed by atoms with van der Waals surface area (Å²) in [7, 11) is 2.13. The summed E-state index contributed by atoms with van der Waals surface area (Å²) in [6, 6.07) is 17.6. The molecule has 2 heteroatoms. The molecule has 0 spiro atoms. The highest BCUT2D eigenvalue weighted by Crippen LogP contribution is 2.40. The largest absolute Gasteiger partial charge is 0.213 e. The van der Waals surface area contributed by atoms with Gasteiger partial charge in [0.25, 0.3) is 0 Å². The normalized spacial score (nSPS) is 11.4. The van der Waals surface area contributed by atoms with Crippen molar-refractivity contribution in [3.05, 3.63) is 65.9 Å². The van der Waals surface area contributed by atoms with Crippen molar-refractivity contribution in [3.8, 4) is 11.3 Å². The van der Waals surface area contributed by atoms with Crippen molar-refractivity contribution in [3.63, 3.8) is 0 Å². The summed E-state index contributed by atoms with van der Waals surface area (Å²) in [5.41, 5.74) is 5.26. The maximum absolute atomic E-state index is 2.27. The van der Waals surface area contributed by atoms with E-state index in [4.69, 9.17) is 0 Å². The summed E-state index contributed by atoms with van der Waals surface area (Å²) >= 11 is 1.90. The van der Waals surface area contributed by atoms with E-state index in [1.54, 1.807) is 0 Å². The standard InChI is InChI=1S/C20H18NS/c1-13-8-11-17(21(3)12-13)19-14(2)9-10-16-15-6-4-5-7-18(15)22-20(16)19/h4-12H,1-3H3/q+1. The first-order valence-corrected chi connectivity index (χ1v) is 8.34. The fourth-order valence-corrected chi connectivity index (χ4v) is 4.52. The van der Waals surface area contributed by atoms with Gasteiger partial charge in [-0.15, -0.1) is 11.3 Å². The first kappa shape index (κ1) is 13.5. The highest BCUT2D eigenvalue weighted by atomic mass is 32.1. The van der Waals surface area contributed by atoms with E-state index in [0.717, 1.165) is 0 Å². The van der Waals surface area contributed by atoms with Gasteiger partial charge >= 0.3 is 0 Å². The van der Waals surface area contributed by atoms with E-state index in [2.05, 4.69) is 80.2 Å². The average molecular weight is 304 g/mol. The van der Waals surface area contributed by atoms with Crippen LogP contribution in [0.25, 0.3) is 31.4 Å². The van der Waals surface area contributed by atoms with Crippen molar-refractivity contribution in [1.29, 1.82) is 0 Å². The zero-order valence-corrected chi connectivity index (χ0v) is 13.9. The zero-order valence-electron chi connectivity index (χ0n) is 13.1. The molecule has 0 saturated carbocycles. The quantitative estimate of drug-likeness (QED) is 0.427. The first-order chi connectivity index (χ1) is 10.6. The number of rotatable bonds is 1. The van der Waals surface area contributed by atoms with Crippen LogP contribution in [0.3, 0.4) is 0 Å². The predicted molar refractivity (Wildman–Crippen MR) is 95.4 cm³/mol. The zero-order chi connectivity index (χ0) is 15.3. The Morgan fingerprint density at radius 1 is 0.864 bits per heavy atom. The highest BCUT2D eigenvalue weighted by molar-refractivity contribution is 7.26. The molecule has 0 aliphatic rings. The monoisotopic (exact) mass is 304 g/mol. The van der Waals surface area contributed by atoms with Crippen molar-refractivity contribution >= 4 is 31.5 Å². The second-order valence-electron chi connectivity index (χ2n) is 5.93. The van der Waals surface area contributed by atoms with Crippen molar-refractivity contribution in [1.82, 2.24) is 0 Å². The topological polar surface area (TPSA) is 3.88 Å². The molecule has 0 aliphatic heterocycles. The van der Waals surface area contributed by atoms with Crippen molar-refractivity contribution < 1.29 is 4.57 Å². The van der Waals surface area contributed by atoms with Crippen LogP contribution < -0.4 is 4.57 Å². The number of thiophene rings is 1. The minimum absolute atomic E-state index is 1.28. The van der Waals surface area contributed by atoms with E-state index in [9.17, 15) is 0 Å². The Bertz CT molecular complexity index is 1010. The minimum Gasteiger partial charge on any atom is -0.201 e. The predicted octanol–water partition coefficient (Wildman–Crippen LogP) is 5.16. The Morgan fingerprint density at radius 2 is 1.68 bits per heavy atom. The maximum Gasteiger partial charge on any atom is 0.213 e. The van der Waals surface area contributed by atoms with Crippen LogP contribution in [0, 0.1) is 13.8 Å². The van der Waals surface area contributed by atoms with Crippen LogP contribution in [0.15, 0.2) is 54.7 Å². The van der Waals surface area contributed by atoms with Gasteiger partial charge in [0.05, 0.1) is 5.56 Å². The SMILES string of the molecule is Cc1ccc(-c2c(C)ccc3c2sc2ccccc23)[n+](C)c1. The van der Waals surface area contributed by atoms with Gasteiger partial charge in [-0.25, -0.2) is 4.57 Å². The Labute approximate surface area is 134 Å². The number of pyridine rings is 1. The molecule has 0 bridgehead atoms. The van der Waals surface area contributed by atoms with Crippen molar-refractivity contribution in [2.45, 2.75) is 13.8 Å². The number of aryl methyl sites for hydroxylation is 3.